The molecular weight excluding hydrogens is 281 g/mol. The van der Waals surface area contributed by atoms with Crippen LogP contribution in [0.25, 0.3) is 27.7 Å². The molecule has 0 fully saturated rings. The Morgan fingerprint density at radius 1 is 1.36 bits per heavy atom. The molecule has 2 aromatic heterocycles. The number of aromatic nitrogens is 3. The molecule has 6 heteroatoms. The summed E-state index contributed by atoms with van der Waals surface area (Å²) in [7, 11) is 0. The molecule has 1 aromatic carbocycles. The zero-order valence-corrected chi connectivity index (χ0v) is 11.9. The van der Waals surface area contributed by atoms with E-state index in [1.807, 2.05) is 0 Å². The molecule has 0 atom stereocenters. The van der Waals surface area contributed by atoms with E-state index in [1.165, 1.54) is 6.07 Å². The number of hydrogen-bond donors (Lipinski definition) is 3. The van der Waals surface area contributed by atoms with Crippen LogP contribution in [0, 0.1) is 11.2 Å². The highest BCUT2D eigenvalue weighted by Gasteiger charge is 2.14. The topological polar surface area (TPSA) is 91.4 Å². The molecule has 3 aromatic rings. The number of fused-ring (bicyclic) bond motifs is 1. The molecule has 0 amide bonds. The van der Waals surface area contributed by atoms with Crippen molar-refractivity contribution < 1.29 is 4.39 Å². The predicted molar refractivity (Wildman–Crippen MR) is 84.8 cm³/mol. The predicted octanol–water partition coefficient (Wildman–Crippen LogP) is 3.10. The van der Waals surface area contributed by atoms with E-state index in [-0.39, 0.29) is 5.82 Å². The van der Waals surface area contributed by atoms with Gasteiger partial charge in [0.25, 0.3) is 0 Å². The van der Waals surface area contributed by atoms with Gasteiger partial charge >= 0.3 is 0 Å². The van der Waals surface area contributed by atoms with E-state index in [9.17, 15) is 4.39 Å². The number of rotatable bonds is 3. The average molecular weight is 295 g/mol. The highest BCUT2D eigenvalue weighted by atomic mass is 19.1. The lowest BCUT2D eigenvalue weighted by atomic mass is 10.1. The molecule has 5 nitrogen and oxygen atoms in total. The molecule has 110 valence electrons. The molecule has 0 radical (unpaired) electrons. The summed E-state index contributed by atoms with van der Waals surface area (Å²) in [5.74, 6) is -0.341. The van der Waals surface area contributed by atoms with Crippen LogP contribution in [0.4, 0.5) is 4.39 Å². The number of benzene rings is 1. The van der Waals surface area contributed by atoms with Gasteiger partial charge in [-0.15, -0.1) is 0 Å². The molecule has 22 heavy (non-hydrogen) atoms. The molecule has 4 N–H and O–H groups in total. The van der Waals surface area contributed by atoms with Crippen molar-refractivity contribution in [3.05, 3.63) is 53.7 Å². The largest absolute Gasteiger partial charge is 0.402 e. The summed E-state index contributed by atoms with van der Waals surface area (Å²) in [6, 6.07) is 8.22. The van der Waals surface area contributed by atoms with Gasteiger partial charge in [-0.2, -0.15) is 5.10 Å². The van der Waals surface area contributed by atoms with Crippen LogP contribution in [0.15, 0.2) is 42.2 Å². The van der Waals surface area contributed by atoms with Gasteiger partial charge in [-0.05, 0) is 25.1 Å². The Labute approximate surface area is 126 Å². The summed E-state index contributed by atoms with van der Waals surface area (Å²) >= 11 is 0. The molecule has 2 heterocycles. The molecule has 0 unspecified atom stereocenters. The third-order valence-electron chi connectivity index (χ3n) is 3.42. The maximum atomic E-state index is 14.0. The third-order valence-corrected chi connectivity index (χ3v) is 3.42. The summed E-state index contributed by atoms with van der Waals surface area (Å²) in [5.41, 5.74) is 8.98. The van der Waals surface area contributed by atoms with E-state index < -0.39 is 0 Å². The second-order valence-electron chi connectivity index (χ2n) is 4.91. The molecule has 0 saturated carbocycles. The fourth-order valence-corrected chi connectivity index (χ4v) is 2.31. The highest BCUT2D eigenvalue weighted by Crippen LogP contribution is 2.29. The van der Waals surface area contributed by atoms with E-state index in [0.29, 0.717) is 33.7 Å². The first kappa shape index (κ1) is 13.9. The van der Waals surface area contributed by atoms with Crippen LogP contribution < -0.4 is 5.73 Å². The summed E-state index contributed by atoms with van der Waals surface area (Å²) in [5, 5.41) is 15.2. The van der Waals surface area contributed by atoms with Crippen molar-refractivity contribution in [1.29, 1.82) is 5.41 Å². The van der Waals surface area contributed by atoms with Gasteiger partial charge in [0.05, 0.1) is 17.4 Å². The number of halogens is 1. The maximum absolute atomic E-state index is 14.0. The second kappa shape index (κ2) is 5.40. The molecule has 0 spiro atoms. The van der Waals surface area contributed by atoms with E-state index in [1.54, 1.807) is 37.4 Å². The first-order valence-corrected chi connectivity index (χ1v) is 6.68. The Bertz CT molecular complexity index is 890. The third kappa shape index (κ3) is 2.24. The van der Waals surface area contributed by atoms with Crippen molar-refractivity contribution in [2.24, 2.45) is 5.73 Å². The van der Waals surface area contributed by atoms with Gasteiger partial charge in [0.2, 0.25) is 0 Å². The van der Waals surface area contributed by atoms with Crippen LogP contribution in [0.5, 0.6) is 0 Å². The van der Waals surface area contributed by atoms with Gasteiger partial charge in [0.15, 0.2) is 0 Å². The molecular formula is C16H14FN5. The Morgan fingerprint density at radius 2 is 2.14 bits per heavy atom. The molecule has 0 aliphatic rings. The number of nitrogens with two attached hydrogens (primary N) is 1. The van der Waals surface area contributed by atoms with Gasteiger partial charge in [0, 0.05) is 28.4 Å². The fourth-order valence-electron chi connectivity index (χ4n) is 2.31. The lowest BCUT2D eigenvalue weighted by Crippen LogP contribution is -2.00. The second-order valence-corrected chi connectivity index (χ2v) is 4.91. The molecule has 0 aliphatic heterocycles. The summed E-state index contributed by atoms with van der Waals surface area (Å²) in [6.45, 7) is 1.71. The summed E-state index contributed by atoms with van der Waals surface area (Å²) in [4.78, 5) is 4.27. The average Bonchev–Trinajstić information content (AvgIpc) is 2.91. The van der Waals surface area contributed by atoms with Crippen LogP contribution in [0.3, 0.4) is 0 Å². The molecule has 3 rings (SSSR count). The quantitative estimate of drug-likeness (QED) is 0.648. The molecule has 0 saturated heterocycles. The number of pyridine rings is 1. The first-order valence-electron chi connectivity index (χ1n) is 6.68. The zero-order valence-electron chi connectivity index (χ0n) is 11.9. The van der Waals surface area contributed by atoms with Crippen LogP contribution in [0.2, 0.25) is 0 Å². The van der Waals surface area contributed by atoms with E-state index in [4.69, 9.17) is 11.1 Å². The van der Waals surface area contributed by atoms with Crippen molar-refractivity contribution in [1.82, 2.24) is 15.2 Å². The number of H-pyrrole nitrogens is 1. The minimum Gasteiger partial charge on any atom is -0.402 e. The Morgan fingerprint density at radius 3 is 2.82 bits per heavy atom. The van der Waals surface area contributed by atoms with Crippen LogP contribution >= 0.6 is 0 Å². The SMILES string of the molecule is C/C(N)=C(/C=N)c1cc2c(-c3ccccc3F)n[nH]c2cn1. The molecule has 0 aliphatic carbocycles. The maximum Gasteiger partial charge on any atom is 0.132 e. The van der Waals surface area contributed by atoms with Gasteiger partial charge in [-0.25, -0.2) is 4.39 Å². The fraction of sp³-hybridized carbons (Fsp3) is 0.0625. The van der Waals surface area contributed by atoms with Crippen LogP contribution in [0.1, 0.15) is 12.6 Å². The van der Waals surface area contributed by atoms with Gasteiger partial charge < -0.3 is 11.1 Å². The van der Waals surface area contributed by atoms with Crippen molar-refractivity contribution in [3.63, 3.8) is 0 Å². The lowest BCUT2D eigenvalue weighted by molar-refractivity contribution is 0.631. The number of nitrogens with zero attached hydrogens (tertiary/aromatic N) is 2. The molecule has 0 bridgehead atoms. The summed E-state index contributed by atoms with van der Waals surface area (Å²) < 4.78 is 14.0. The van der Waals surface area contributed by atoms with Gasteiger partial charge in [-0.3, -0.25) is 10.1 Å². The number of nitrogens with one attached hydrogen (secondary N) is 2. The summed E-state index contributed by atoms with van der Waals surface area (Å²) in [6.07, 6.45) is 2.76. The number of allylic oxidation sites excluding steroid dienone is 2. The zero-order chi connectivity index (χ0) is 15.7. The van der Waals surface area contributed by atoms with Crippen molar-refractivity contribution >= 4 is 22.7 Å². The smallest absolute Gasteiger partial charge is 0.132 e. The van der Waals surface area contributed by atoms with Crippen LogP contribution in [-0.4, -0.2) is 21.4 Å². The minimum atomic E-state index is -0.341. The normalized spacial score (nSPS) is 12.3. The van der Waals surface area contributed by atoms with E-state index in [2.05, 4.69) is 15.2 Å². The number of hydrogen-bond acceptors (Lipinski definition) is 4. The monoisotopic (exact) mass is 295 g/mol. The van der Waals surface area contributed by atoms with Crippen molar-refractivity contribution in [2.75, 3.05) is 0 Å². The van der Waals surface area contributed by atoms with Crippen molar-refractivity contribution in [2.45, 2.75) is 6.92 Å². The van der Waals surface area contributed by atoms with Gasteiger partial charge in [-0.1, -0.05) is 12.1 Å². The first-order chi connectivity index (χ1) is 10.6. The Balaban J connectivity index is 2.25. The van der Waals surface area contributed by atoms with E-state index >= 15 is 0 Å². The minimum absolute atomic E-state index is 0.341. The highest BCUT2D eigenvalue weighted by molar-refractivity contribution is 6.09. The van der Waals surface area contributed by atoms with Gasteiger partial charge in [0.1, 0.15) is 11.5 Å². The number of aromatic amines is 1. The standard InChI is InChI=1S/C16H14FN5/c1-9(19)12(7-18)14-6-11-15(8-20-14)21-22-16(11)10-4-2-3-5-13(10)17/h2-8,18H,19H2,1H3,(H,21,22)/b12-9+,18-7?. The lowest BCUT2D eigenvalue weighted by Gasteiger charge is -2.04. The Kier molecular flexibility index (Phi) is 3.42. The Hall–Kier alpha value is -3.02. The van der Waals surface area contributed by atoms with Crippen LogP contribution in [-0.2, 0) is 0 Å². The van der Waals surface area contributed by atoms with Crippen molar-refractivity contribution in [3.8, 4) is 11.3 Å². The van der Waals surface area contributed by atoms with E-state index in [0.717, 1.165) is 11.6 Å².